The van der Waals surface area contributed by atoms with Gasteiger partial charge in [-0.2, -0.15) is 0 Å². The maximum Gasteiger partial charge on any atom is 0.0270 e. The summed E-state index contributed by atoms with van der Waals surface area (Å²) in [6, 6.07) is 7.17. The fourth-order valence-corrected chi connectivity index (χ4v) is 4.33. The van der Waals surface area contributed by atoms with Crippen molar-refractivity contribution in [3.05, 3.63) is 52.0 Å². The first kappa shape index (κ1) is 13.8. The van der Waals surface area contributed by atoms with Gasteiger partial charge >= 0.3 is 0 Å². The molecule has 1 aliphatic carbocycles. The van der Waals surface area contributed by atoms with E-state index in [4.69, 9.17) is 0 Å². The monoisotopic (exact) mass is 286 g/mol. The molecule has 20 heavy (non-hydrogen) atoms. The van der Waals surface area contributed by atoms with Gasteiger partial charge in [0.15, 0.2) is 0 Å². The van der Waals surface area contributed by atoms with E-state index >= 15 is 0 Å². The Morgan fingerprint density at radius 1 is 1.35 bits per heavy atom. The summed E-state index contributed by atoms with van der Waals surface area (Å²) in [5.41, 5.74) is 2.98. The molecule has 0 amide bonds. The molecule has 0 aliphatic heterocycles. The third kappa shape index (κ3) is 2.94. The van der Waals surface area contributed by atoms with Crippen molar-refractivity contribution < 1.29 is 0 Å². The number of rotatable bonds is 5. The number of hydrogen-bond donors (Lipinski definition) is 1. The summed E-state index contributed by atoms with van der Waals surface area (Å²) < 4.78 is 0. The van der Waals surface area contributed by atoms with Gasteiger partial charge in [-0.15, -0.1) is 11.3 Å². The smallest absolute Gasteiger partial charge is 0.0270 e. The lowest BCUT2D eigenvalue weighted by atomic mass is 9.80. The molecule has 0 aromatic carbocycles. The highest BCUT2D eigenvalue weighted by atomic mass is 32.1. The lowest BCUT2D eigenvalue weighted by Crippen LogP contribution is -2.38. The minimum atomic E-state index is 0.538. The highest BCUT2D eigenvalue weighted by Gasteiger charge is 2.28. The molecule has 1 N–H and O–H groups in total. The average Bonchev–Trinajstić information content (AvgIpc) is 2.96. The van der Waals surface area contributed by atoms with E-state index in [0.29, 0.717) is 12.0 Å². The van der Waals surface area contributed by atoms with Crippen molar-refractivity contribution in [1.29, 1.82) is 0 Å². The highest BCUT2D eigenvalue weighted by Crippen LogP contribution is 2.37. The molecular weight excluding hydrogens is 264 g/mol. The van der Waals surface area contributed by atoms with Crippen LogP contribution >= 0.6 is 11.3 Å². The number of nitrogens with one attached hydrogen (secondary N) is 1. The van der Waals surface area contributed by atoms with Crippen molar-refractivity contribution in [1.82, 2.24) is 10.3 Å². The molecule has 2 nitrogen and oxygen atoms in total. The first-order valence-electron chi connectivity index (χ1n) is 7.57. The maximum atomic E-state index is 4.12. The van der Waals surface area contributed by atoms with Crippen LogP contribution in [-0.2, 0) is 12.8 Å². The molecule has 2 aromatic heterocycles. The zero-order valence-electron chi connectivity index (χ0n) is 12.0. The van der Waals surface area contributed by atoms with Gasteiger partial charge in [-0.05, 0) is 66.9 Å². The number of hydrogen-bond acceptors (Lipinski definition) is 3. The number of fused-ring (bicyclic) bond motifs is 1. The normalized spacial score (nSPS) is 19.6. The Morgan fingerprint density at radius 3 is 3.00 bits per heavy atom. The Kier molecular flexibility index (Phi) is 4.48. The van der Waals surface area contributed by atoms with Crippen LogP contribution in [0.1, 0.15) is 41.7 Å². The fraction of sp³-hybridized carbons (Fsp3) is 0.471. The topological polar surface area (TPSA) is 24.9 Å². The van der Waals surface area contributed by atoms with E-state index in [1.165, 1.54) is 24.8 Å². The largest absolute Gasteiger partial charge is 0.313 e. The minimum Gasteiger partial charge on any atom is -0.313 e. The number of pyridine rings is 1. The van der Waals surface area contributed by atoms with Crippen molar-refractivity contribution in [2.45, 2.75) is 44.6 Å². The third-order valence-corrected chi connectivity index (χ3v) is 5.25. The van der Waals surface area contributed by atoms with Gasteiger partial charge < -0.3 is 5.32 Å². The van der Waals surface area contributed by atoms with Gasteiger partial charge in [0.05, 0.1) is 0 Å². The standard InChI is InChI=1S/C17H22N2S/c1-2-19-16(12-13-6-9-18-10-7-13)14-4-3-5-17-15(14)8-11-20-17/h6-11,14,16,19H,2-5,12H2,1H3. The minimum absolute atomic E-state index is 0.538. The Balaban J connectivity index is 1.81. The summed E-state index contributed by atoms with van der Waals surface area (Å²) >= 11 is 1.93. The number of likely N-dealkylation sites (N-methyl/N-ethyl adjacent to an activating group) is 1. The van der Waals surface area contributed by atoms with Gasteiger partial charge in [-0.1, -0.05) is 6.92 Å². The van der Waals surface area contributed by atoms with E-state index in [1.54, 1.807) is 10.4 Å². The number of nitrogens with zero attached hydrogens (tertiary/aromatic N) is 1. The molecule has 0 saturated heterocycles. The van der Waals surface area contributed by atoms with Crippen molar-refractivity contribution in [3.63, 3.8) is 0 Å². The third-order valence-electron chi connectivity index (χ3n) is 4.26. The number of thiophene rings is 1. The van der Waals surface area contributed by atoms with Gasteiger partial charge in [0.2, 0.25) is 0 Å². The van der Waals surface area contributed by atoms with E-state index in [0.717, 1.165) is 13.0 Å². The molecule has 2 aromatic rings. The van der Waals surface area contributed by atoms with Gasteiger partial charge in [0.1, 0.15) is 0 Å². The molecule has 2 atom stereocenters. The van der Waals surface area contributed by atoms with Gasteiger partial charge in [-0.3, -0.25) is 4.98 Å². The second-order valence-electron chi connectivity index (χ2n) is 5.52. The predicted octanol–water partition coefficient (Wildman–Crippen LogP) is 3.78. The van der Waals surface area contributed by atoms with E-state index < -0.39 is 0 Å². The average molecular weight is 286 g/mol. The molecule has 0 fully saturated rings. The Morgan fingerprint density at radius 2 is 2.20 bits per heavy atom. The fourth-order valence-electron chi connectivity index (χ4n) is 3.33. The molecule has 0 spiro atoms. The van der Waals surface area contributed by atoms with E-state index in [9.17, 15) is 0 Å². The van der Waals surface area contributed by atoms with Crippen molar-refractivity contribution >= 4 is 11.3 Å². The summed E-state index contributed by atoms with van der Waals surface area (Å²) in [5.74, 6) is 0.665. The lowest BCUT2D eigenvalue weighted by molar-refractivity contribution is 0.398. The maximum absolute atomic E-state index is 4.12. The summed E-state index contributed by atoms with van der Waals surface area (Å²) in [6.07, 6.45) is 8.81. The number of aromatic nitrogens is 1. The second kappa shape index (κ2) is 6.51. The van der Waals surface area contributed by atoms with E-state index in [1.807, 2.05) is 23.7 Å². The molecule has 0 bridgehead atoms. The van der Waals surface area contributed by atoms with Crippen molar-refractivity contribution in [2.24, 2.45) is 0 Å². The van der Waals surface area contributed by atoms with Gasteiger partial charge in [0, 0.05) is 29.2 Å². The van der Waals surface area contributed by atoms with E-state index in [-0.39, 0.29) is 0 Å². The molecule has 2 unspecified atom stereocenters. The predicted molar refractivity (Wildman–Crippen MR) is 85.4 cm³/mol. The van der Waals surface area contributed by atoms with Crippen molar-refractivity contribution in [3.8, 4) is 0 Å². The van der Waals surface area contributed by atoms with Crippen LogP contribution in [0.15, 0.2) is 36.0 Å². The van der Waals surface area contributed by atoms with Crippen LogP contribution in [0.4, 0.5) is 0 Å². The Labute approximate surface area is 125 Å². The molecule has 3 heteroatoms. The van der Waals surface area contributed by atoms with Crippen LogP contribution in [0.25, 0.3) is 0 Å². The zero-order chi connectivity index (χ0) is 13.8. The second-order valence-corrected chi connectivity index (χ2v) is 6.52. The molecule has 1 aliphatic rings. The quantitative estimate of drug-likeness (QED) is 0.904. The number of aryl methyl sites for hydroxylation is 1. The molecule has 3 rings (SSSR count). The lowest BCUT2D eigenvalue weighted by Gasteiger charge is -2.31. The molecule has 106 valence electrons. The van der Waals surface area contributed by atoms with Crippen LogP contribution < -0.4 is 5.32 Å². The van der Waals surface area contributed by atoms with Crippen LogP contribution in [0, 0.1) is 0 Å². The first-order valence-corrected chi connectivity index (χ1v) is 8.45. The van der Waals surface area contributed by atoms with Crippen LogP contribution in [-0.4, -0.2) is 17.6 Å². The molecular formula is C17H22N2S. The Hall–Kier alpha value is -1.19. The van der Waals surface area contributed by atoms with Crippen molar-refractivity contribution in [2.75, 3.05) is 6.54 Å². The van der Waals surface area contributed by atoms with Gasteiger partial charge in [0.25, 0.3) is 0 Å². The highest BCUT2D eigenvalue weighted by molar-refractivity contribution is 7.10. The van der Waals surface area contributed by atoms with Crippen LogP contribution in [0.3, 0.4) is 0 Å². The zero-order valence-corrected chi connectivity index (χ0v) is 12.8. The summed E-state index contributed by atoms with van der Waals surface area (Å²) in [5, 5.41) is 5.98. The SMILES string of the molecule is CCNC(Cc1ccncc1)C1CCCc2sccc21. The van der Waals surface area contributed by atoms with E-state index in [2.05, 4.69) is 40.8 Å². The Bertz CT molecular complexity index is 535. The molecule has 0 saturated carbocycles. The first-order chi connectivity index (χ1) is 9.88. The molecule has 2 heterocycles. The summed E-state index contributed by atoms with van der Waals surface area (Å²) in [4.78, 5) is 5.73. The molecule has 0 radical (unpaired) electrons. The van der Waals surface area contributed by atoms with Gasteiger partial charge in [-0.25, -0.2) is 0 Å². The summed E-state index contributed by atoms with van der Waals surface area (Å²) in [7, 11) is 0. The summed E-state index contributed by atoms with van der Waals surface area (Å²) in [6.45, 7) is 3.24. The van der Waals surface area contributed by atoms with Crippen LogP contribution in [0.5, 0.6) is 0 Å². The van der Waals surface area contributed by atoms with Crippen LogP contribution in [0.2, 0.25) is 0 Å².